The van der Waals surface area contributed by atoms with E-state index < -0.39 is 0 Å². The van der Waals surface area contributed by atoms with Crippen LogP contribution in [0.25, 0.3) is 0 Å². The van der Waals surface area contributed by atoms with Crippen molar-refractivity contribution >= 4 is 5.91 Å². The van der Waals surface area contributed by atoms with Gasteiger partial charge in [0.25, 0.3) is 0 Å². The smallest absolute Gasteiger partial charge is 0.234 e. The molecule has 0 radical (unpaired) electrons. The number of furan rings is 1. The number of likely N-dealkylation sites (N-methyl/N-ethyl adjacent to an activating group) is 1. The summed E-state index contributed by atoms with van der Waals surface area (Å²) in [4.78, 5) is 14.4. The van der Waals surface area contributed by atoms with E-state index in [9.17, 15) is 4.79 Å². The first-order valence-corrected chi connectivity index (χ1v) is 8.30. The molecule has 1 saturated carbocycles. The molecule has 1 aliphatic rings. The van der Waals surface area contributed by atoms with Crippen LogP contribution in [-0.4, -0.2) is 29.9 Å². The number of rotatable bonds is 6. The van der Waals surface area contributed by atoms with Gasteiger partial charge in [0.15, 0.2) is 0 Å². The van der Waals surface area contributed by atoms with Crippen LogP contribution in [0.5, 0.6) is 0 Å². The van der Waals surface area contributed by atoms with Crippen molar-refractivity contribution < 1.29 is 9.21 Å². The van der Waals surface area contributed by atoms with Crippen LogP contribution in [0.4, 0.5) is 0 Å². The van der Waals surface area contributed by atoms with Crippen LogP contribution < -0.4 is 5.32 Å². The van der Waals surface area contributed by atoms with Gasteiger partial charge in [-0.3, -0.25) is 9.69 Å². The highest BCUT2D eigenvalue weighted by molar-refractivity contribution is 5.78. The Labute approximate surface area is 127 Å². The van der Waals surface area contributed by atoms with Crippen LogP contribution in [0.1, 0.15) is 57.4 Å². The van der Waals surface area contributed by atoms with Gasteiger partial charge in [0.05, 0.1) is 19.1 Å². The summed E-state index contributed by atoms with van der Waals surface area (Å²) in [6, 6.07) is 2.33. The van der Waals surface area contributed by atoms with Crippen LogP contribution in [0.2, 0.25) is 0 Å². The van der Waals surface area contributed by atoms with E-state index in [0.717, 1.165) is 31.5 Å². The molecule has 0 bridgehead atoms. The molecule has 0 atom stereocenters. The molecule has 1 aliphatic carbocycles. The van der Waals surface area contributed by atoms with Crippen molar-refractivity contribution in [3.8, 4) is 0 Å². The Balaban J connectivity index is 1.75. The molecular weight excluding hydrogens is 264 g/mol. The lowest BCUT2D eigenvalue weighted by atomic mass is 9.97. The molecule has 0 unspecified atom stereocenters. The van der Waals surface area contributed by atoms with Gasteiger partial charge in [-0.05, 0) is 25.5 Å². The van der Waals surface area contributed by atoms with Crippen molar-refractivity contribution in [2.45, 2.75) is 64.5 Å². The van der Waals surface area contributed by atoms with Gasteiger partial charge in [0.2, 0.25) is 5.91 Å². The maximum absolute atomic E-state index is 12.2. The second kappa shape index (κ2) is 8.88. The predicted octanol–water partition coefficient (Wildman–Crippen LogP) is 3.33. The number of hydrogen-bond donors (Lipinski definition) is 1. The Morgan fingerprint density at radius 1 is 1.29 bits per heavy atom. The summed E-state index contributed by atoms with van der Waals surface area (Å²) >= 11 is 0. The molecule has 4 nitrogen and oxygen atoms in total. The van der Waals surface area contributed by atoms with E-state index in [1.165, 1.54) is 32.1 Å². The van der Waals surface area contributed by atoms with Crippen molar-refractivity contribution in [2.75, 3.05) is 13.1 Å². The normalized spacial score (nSPS) is 17.4. The summed E-state index contributed by atoms with van der Waals surface area (Å²) in [5, 5.41) is 3.23. The summed E-state index contributed by atoms with van der Waals surface area (Å²) in [5.74, 6) is 0.158. The number of carbonyl (C=O) groups excluding carboxylic acids is 1. The highest BCUT2D eigenvalue weighted by Crippen LogP contribution is 2.17. The molecule has 0 spiro atoms. The average molecular weight is 292 g/mol. The molecular formula is C17H28N2O2. The highest BCUT2D eigenvalue weighted by Gasteiger charge is 2.16. The monoisotopic (exact) mass is 292 g/mol. The molecule has 2 rings (SSSR count). The number of amides is 1. The van der Waals surface area contributed by atoms with E-state index in [2.05, 4.69) is 17.1 Å². The molecule has 0 saturated heterocycles. The lowest BCUT2D eigenvalue weighted by Gasteiger charge is -2.24. The molecule has 0 aromatic carbocycles. The first kappa shape index (κ1) is 16.1. The third kappa shape index (κ3) is 5.92. The Morgan fingerprint density at radius 3 is 2.62 bits per heavy atom. The first-order chi connectivity index (χ1) is 10.3. The second-order valence-electron chi connectivity index (χ2n) is 6.04. The summed E-state index contributed by atoms with van der Waals surface area (Å²) in [6.07, 6.45) is 12.2. The van der Waals surface area contributed by atoms with Crippen LogP contribution in [-0.2, 0) is 11.3 Å². The fourth-order valence-corrected chi connectivity index (χ4v) is 3.00. The van der Waals surface area contributed by atoms with Gasteiger partial charge in [0.1, 0.15) is 0 Å². The van der Waals surface area contributed by atoms with E-state index in [0.29, 0.717) is 12.6 Å². The molecule has 1 aromatic heterocycles. The minimum atomic E-state index is 0.158. The zero-order valence-corrected chi connectivity index (χ0v) is 13.1. The lowest BCUT2D eigenvalue weighted by molar-refractivity contribution is -0.123. The summed E-state index contributed by atoms with van der Waals surface area (Å²) in [6.45, 7) is 4.19. The zero-order chi connectivity index (χ0) is 14.9. The van der Waals surface area contributed by atoms with E-state index in [4.69, 9.17) is 4.42 Å². The lowest BCUT2D eigenvalue weighted by Crippen LogP contribution is -2.42. The van der Waals surface area contributed by atoms with E-state index in [-0.39, 0.29) is 5.91 Å². The largest absolute Gasteiger partial charge is 0.472 e. The van der Waals surface area contributed by atoms with Crippen molar-refractivity contribution in [2.24, 2.45) is 0 Å². The molecule has 1 amide bonds. The Morgan fingerprint density at radius 2 is 2.00 bits per heavy atom. The van der Waals surface area contributed by atoms with Crippen LogP contribution in [0, 0.1) is 0 Å². The Hall–Kier alpha value is -1.29. The number of carbonyl (C=O) groups is 1. The third-order valence-corrected chi connectivity index (χ3v) is 4.27. The fourth-order valence-electron chi connectivity index (χ4n) is 3.00. The van der Waals surface area contributed by atoms with Crippen molar-refractivity contribution in [1.82, 2.24) is 10.2 Å². The minimum Gasteiger partial charge on any atom is -0.472 e. The molecule has 4 heteroatoms. The predicted molar refractivity (Wildman–Crippen MR) is 83.9 cm³/mol. The standard InChI is InChI=1S/C17H28N2O2/c1-2-19(12-15-10-11-21-14-15)13-17(20)18-16-8-6-4-3-5-7-9-16/h10-11,14,16H,2-9,12-13H2,1H3,(H,18,20). The van der Waals surface area contributed by atoms with Gasteiger partial charge in [-0.15, -0.1) is 0 Å². The van der Waals surface area contributed by atoms with E-state index in [1.807, 2.05) is 6.07 Å². The molecule has 118 valence electrons. The molecule has 1 fully saturated rings. The van der Waals surface area contributed by atoms with Gasteiger partial charge in [-0.1, -0.05) is 39.0 Å². The van der Waals surface area contributed by atoms with Gasteiger partial charge in [-0.2, -0.15) is 0 Å². The van der Waals surface area contributed by atoms with Gasteiger partial charge in [-0.25, -0.2) is 0 Å². The third-order valence-electron chi connectivity index (χ3n) is 4.27. The molecule has 21 heavy (non-hydrogen) atoms. The molecule has 1 N–H and O–H groups in total. The zero-order valence-electron chi connectivity index (χ0n) is 13.1. The van der Waals surface area contributed by atoms with Crippen LogP contribution in [0.3, 0.4) is 0 Å². The first-order valence-electron chi connectivity index (χ1n) is 8.30. The second-order valence-corrected chi connectivity index (χ2v) is 6.04. The van der Waals surface area contributed by atoms with Crippen molar-refractivity contribution in [1.29, 1.82) is 0 Å². The van der Waals surface area contributed by atoms with Crippen molar-refractivity contribution in [3.63, 3.8) is 0 Å². The van der Waals surface area contributed by atoms with E-state index >= 15 is 0 Å². The topological polar surface area (TPSA) is 45.5 Å². The van der Waals surface area contributed by atoms with Gasteiger partial charge >= 0.3 is 0 Å². The minimum absolute atomic E-state index is 0.158. The molecule has 0 aliphatic heterocycles. The maximum Gasteiger partial charge on any atom is 0.234 e. The number of hydrogen-bond acceptors (Lipinski definition) is 3. The number of nitrogens with zero attached hydrogens (tertiary/aromatic N) is 1. The van der Waals surface area contributed by atoms with Crippen molar-refractivity contribution in [3.05, 3.63) is 24.2 Å². The van der Waals surface area contributed by atoms with Gasteiger partial charge < -0.3 is 9.73 Å². The van der Waals surface area contributed by atoms with E-state index in [1.54, 1.807) is 12.5 Å². The fraction of sp³-hybridized carbons (Fsp3) is 0.706. The molecule has 1 heterocycles. The van der Waals surface area contributed by atoms with Crippen LogP contribution >= 0.6 is 0 Å². The SMILES string of the molecule is CCN(CC(=O)NC1CCCCCCC1)Cc1ccoc1. The summed E-state index contributed by atoms with van der Waals surface area (Å²) in [5.41, 5.74) is 1.12. The molecule has 1 aromatic rings. The Kier molecular flexibility index (Phi) is 6.80. The average Bonchev–Trinajstić information content (AvgIpc) is 2.94. The number of nitrogens with one attached hydrogen (secondary N) is 1. The highest BCUT2D eigenvalue weighted by atomic mass is 16.3. The Bertz CT molecular complexity index is 395. The van der Waals surface area contributed by atoms with Crippen LogP contribution in [0.15, 0.2) is 23.0 Å². The summed E-state index contributed by atoms with van der Waals surface area (Å²) < 4.78 is 5.08. The maximum atomic E-state index is 12.2. The van der Waals surface area contributed by atoms with Gasteiger partial charge in [0, 0.05) is 18.2 Å². The quantitative estimate of drug-likeness (QED) is 0.874. The summed E-state index contributed by atoms with van der Waals surface area (Å²) in [7, 11) is 0.